The van der Waals surface area contributed by atoms with Gasteiger partial charge in [0.2, 0.25) is 10.0 Å². The highest BCUT2D eigenvalue weighted by Crippen LogP contribution is 2.21. The molecule has 1 heterocycles. The highest BCUT2D eigenvalue weighted by Gasteiger charge is 2.25. The molecule has 0 radical (unpaired) electrons. The van der Waals surface area contributed by atoms with Crippen LogP contribution < -0.4 is 0 Å². The number of carbonyl (C=O) groups is 1. The zero-order valence-electron chi connectivity index (χ0n) is 19.1. The van der Waals surface area contributed by atoms with Gasteiger partial charge in [-0.1, -0.05) is 43.7 Å². The summed E-state index contributed by atoms with van der Waals surface area (Å²) in [7, 11) is -1.93. The molecular formula is C25H34N2O4S. The van der Waals surface area contributed by atoms with Crippen molar-refractivity contribution in [2.24, 2.45) is 5.92 Å². The maximum Gasteiger partial charge on any atom is 0.253 e. The Kier molecular flexibility index (Phi) is 8.84. The predicted octanol–water partition coefficient (Wildman–Crippen LogP) is 4.18. The third-order valence-electron chi connectivity index (χ3n) is 6.00. The van der Waals surface area contributed by atoms with Gasteiger partial charge in [0, 0.05) is 38.9 Å². The molecule has 2 aromatic rings. The summed E-state index contributed by atoms with van der Waals surface area (Å²) in [6, 6.07) is 16.4. The van der Waals surface area contributed by atoms with Crippen LogP contribution in [0.25, 0.3) is 0 Å². The maximum absolute atomic E-state index is 12.9. The fourth-order valence-corrected chi connectivity index (χ4v) is 5.06. The molecule has 0 saturated carbocycles. The number of ether oxygens (including phenoxy) is 1. The monoisotopic (exact) mass is 458 g/mol. The Morgan fingerprint density at radius 2 is 1.72 bits per heavy atom. The number of hydrogen-bond acceptors (Lipinski definition) is 4. The molecule has 174 valence electrons. The van der Waals surface area contributed by atoms with Crippen LogP contribution in [0.15, 0.2) is 59.5 Å². The number of piperidine rings is 1. The lowest BCUT2D eigenvalue weighted by Gasteiger charge is -2.32. The number of likely N-dealkylation sites (tertiary alicyclic amines) is 1. The number of nitrogens with zero attached hydrogens (tertiary/aromatic N) is 2. The first-order chi connectivity index (χ1) is 15.4. The number of unbranched alkanes of at least 4 members (excludes halogenated alkanes) is 1. The van der Waals surface area contributed by atoms with Crippen molar-refractivity contribution in [3.8, 4) is 0 Å². The molecular weight excluding hydrogens is 424 g/mol. The van der Waals surface area contributed by atoms with Gasteiger partial charge >= 0.3 is 0 Å². The van der Waals surface area contributed by atoms with Gasteiger partial charge in [0.05, 0.1) is 11.5 Å². The van der Waals surface area contributed by atoms with Crippen LogP contribution in [0, 0.1) is 5.92 Å². The summed E-state index contributed by atoms with van der Waals surface area (Å²) >= 11 is 0. The van der Waals surface area contributed by atoms with Crippen LogP contribution in [0.4, 0.5) is 0 Å². The largest absolute Gasteiger partial charge is 0.376 e. The number of amides is 1. The van der Waals surface area contributed by atoms with Crippen LogP contribution in [0.5, 0.6) is 0 Å². The second-order valence-electron chi connectivity index (χ2n) is 8.44. The first-order valence-electron chi connectivity index (χ1n) is 11.4. The Balaban J connectivity index is 1.48. The van der Waals surface area contributed by atoms with E-state index in [-0.39, 0.29) is 10.8 Å². The number of sulfonamides is 1. The van der Waals surface area contributed by atoms with E-state index in [1.807, 2.05) is 30.0 Å². The molecule has 1 fully saturated rings. The molecule has 1 amide bonds. The predicted molar refractivity (Wildman–Crippen MR) is 126 cm³/mol. The fraction of sp³-hybridized carbons (Fsp3) is 0.480. The molecule has 1 aliphatic heterocycles. The minimum Gasteiger partial charge on any atom is -0.376 e. The van der Waals surface area contributed by atoms with Crippen LogP contribution in [-0.2, 0) is 21.4 Å². The summed E-state index contributed by atoms with van der Waals surface area (Å²) in [5.41, 5.74) is 1.70. The van der Waals surface area contributed by atoms with Crippen LogP contribution in [-0.4, -0.2) is 56.8 Å². The molecule has 6 nitrogen and oxygen atoms in total. The quantitative estimate of drug-likeness (QED) is 0.536. The van der Waals surface area contributed by atoms with Crippen molar-refractivity contribution < 1.29 is 17.9 Å². The number of benzene rings is 2. The Morgan fingerprint density at radius 3 is 2.34 bits per heavy atom. The minimum absolute atomic E-state index is 0.0445. The average molecular weight is 459 g/mol. The van der Waals surface area contributed by atoms with Gasteiger partial charge in [-0.05, 0) is 55.0 Å². The van der Waals surface area contributed by atoms with E-state index in [2.05, 4.69) is 12.1 Å². The summed E-state index contributed by atoms with van der Waals surface area (Å²) in [6.45, 7) is 5.22. The molecule has 2 aromatic carbocycles. The number of hydrogen-bond donors (Lipinski definition) is 0. The summed E-state index contributed by atoms with van der Waals surface area (Å²) in [6.07, 6.45) is 3.58. The summed E-state index contributed by atoms with van der Waals surface area (Å²) in [5, 5.41) is 0. The lowest BCUT2D eigenvalue weighted by Crippen LogP contribution is -2.39. The molecule has 0 N–H and O–H groups in total. The van der Waals surface area contributed by atoms with Crippen molar-refractivity contribution >= 4 is 15.9 Å². The van der Waals surface area contributed by atoms with E-state index in [4.69, 9.17) is 4.74 Å². The van der Waals surface area contributed by atoms with Crippen LogP contribution >= 0.6 is 0 Å². The van der Waals surface area contributed by atoms with Crippen LogP contribution in [0.2, 0.25) is 0 Å². The molecule has 0 atom stereocenters. The van der Waals surface area contributed by atoms with E-state index in [1.165, 1.54) is 22.0 Å². The standard InChI is InChI=1S/C25H34N2O4S/c1-3-4-16-26(2)32(29,30)24-12-10-23(11-13-24)25(28)27-17-14-22(15-18-27)20-31-19-21-8-6-5-7-9-21/h5-13,22H,3-4,14-20H2,1-2H3. The highest BCUT2D eigenvalue weighted by molar-refractivity contribution is 7.89. The van der Waals surface area contributed by atoms with Crippen molar-refractivity contribution in [2.75, 3.05) is 33.3 Å². The topological polar surface area (TPSA) is 66.9 Å². The zero-order valence-corrected chi connectivity index (χ0v) is 19.9. The van der Waals surface area contributed by atoms with E-state index in [0.717, 1.165) is 25.7 Å². The van der Waals surface area contributed by atoms with Gasteiger partial charge in [-0.3, -0.25) is 4.79 Å². The first kappa shape index (κ1) is 24.4. The van der Waals surface area contributed by atoms with Gasteiger partial charge in [0.15, 0.2) is 0 Å². The van der Waals surface area contributed by atoms with Crippen molar-refractivity contribution in [3.63, 3.8) is 0 Å². The zero-order chi connectivity index (χ0) is 23.0. The molecule has 0 aromatic heterocycles. The van der Waals surface area contributed by atoms with Crippen molar-refractivity contribution in [1.29, 1.82) is 0 Å². The highest BCUT2D eigenvalue weighted by atomic mass is 32.2. The Hall–Kier alpha value is -2.22. The molecule has 0 spiro atoms. The van der Waals surface area contributed by atoms with Crippen LogP contribution in [0.3, 0.4) is 0 Å². The normalized spacial score (nSPS) is 15.3. The molecule has 0 unspecified atom stereocenters. The third kappa shape index (κ3) is 6.40. The van der Waals surface area contributed by atoms with E-state index in [0.29, 0.717) is 44.3 Å². The second-order valence-corrected chi connectivity index (χ2v) is 10.5. The Morgan fingerprint density at radius 1 is 1.06 bits per heavy atom. The molecule has 3 rings (SSSR count). The summed E-state index contributed by atoms with van der Waals surface area (Å²) < 4.78 is 32.5. The van der Waals surface area contributed by atoms with Crippen molar-refractivity contribution in [2.45, 2.75) is 44.1 Å². The van der Waals surface area contributed by atoms with E-state index >= 15 is 0 Å². The minimum atomic E-state index is -3.52. The second kappa shape index (κ2) is 11.6. The number of carbonyl (C=O) groups excluding carboxylic acids is 1. The van der Waals surface area contributed by atoms with E-state index in [9.17, 15) is 13.2 Å². The molecule has 32 heavy (non-hydrogen) atoms. The molecule has 1 saturated heterocycles. The van der Waals surface area contributed by atoms with Gasteiger partial charge in [-0.2, -0.15) is 0 Å². The number of rotatable bonds is 10. The molecule has 0 bridgehead atoms. The first-order valence-corrected chi connectivity index (χ1v) is 12.8. The Bertz CT molecular complexity index is 953. The SMILES string of the molecule is CCCCN(C)S(=O)(=O)c1ccc(C(=O)N2CCC(COCc3ccccc3)CC2)cc1. The lowest BCUT2D eigenvalue weighted by molar-refractivity contribution is 0.0478. The Labute approximate surface area is 192 Å². The van der Waals surface area contributed by atoms with Crippen molar-refractivity contribution in [3.05, 3.63) is 65.7 Å². The smallest absolute Gasteiger partial charge is 0.253 e. The van der Waals surface area contributed by atoms with Gasteiger partial charge in [-0.25, -0.2) is 12.7 Å². The van der Waals surface area contributed by atoms with Crippen molar-refractivity contribution in [1.82, 2.24) is 9.21 Å². The molecule has 0 aliphatic carbocycles. The third-order valence-corrected chi connectivity index (χ3v) is 7.87. The van der Waals surface area contributed by atoms with E-state index < -0.39 is 10.0 Å². The maximum atomic E-state index is 12.9. The van der Waals surface area contributed by atoms with Gasteiger partial charge in [-0.15, -0.1) is 0 Å². The fourth-order valence-electron chi connectivity index (χ4n) is 3.85. The molecule has 7 heteroatoms. The molecule has 1 aliphatic rings. The lowest BCUT2D eigenvalue weighted by atomic mass is 9.97. The van der Waals surface area contributed by atoms with Gasteiger partial charge < -0.3 is 9.64 Å². The van der Waals surface area contributed by atoms with E-state index in [1.54, 1.807) is 19.2 Å². The van der Waals surface area contributed by atoms with Crippen LogP contribution in [0.1, 0.15) is 48.5 Å². The summed E-state index contributed by atoms with van der Waals surface area (Å²) in [4.78, 5) is 15.0. The van der Waals surface area contributed by atoms with Gasteiger partial charge in [0.1, 0.15) is 0 Å². The average Bonchev–Trinajstić information content (AvgIpc) is 2.83. The van der Waals surface area contributed by atoms with Gasteiger partial charge in [0.25, 0.3) is 5.91 Å². The summed E-state index contributed by atoms with van der Waals surface area (Å²) in [5.74, 6) is 0.408.